The smallest absolute Gasteiger partial charge is 0.240 e. The number of hydrogen-bond donors (Lipinski definition) is 1. The fourth-order valence-corrected chi connectivity index (χ4v) is 6.35. The molecule has 4 rings (SSSR count). The Labute approximate surface area is 214 Å². The number of carbonyl (C=O) groups is 2. The number of nitrogens with one attached hydrogen (secondary N) is 1. The number of thiophene rings is 1. The van der Waals surface area contributed by atoms with Gasteiger partial charge in [-0.05, 0) is 36.1 Å². The minimum Gasteiger partial charge on any atom is -0.383 e. The molecule has 2 amide bonds. The number of hydrogen-bond acceptors (Lipinski definition) is 6. The maximum Gasteiger partial charge on any atom is 0.240 e. The quantitative estimate of drug-likeness (QED) is 0.473. The van der Waals surface area contributed by atoms with E-state index >= 15 is 0 Å². The van der Waals surface area contributed by atoms with E-state index in [4.69, 9.17) is 9.84 Å². The van der Waals surface area contributed by atoms with E-state index in [1.807, 2.05) is 35.9 Å². The van der Waals surface area contributed by atoms with Crippen LogP contribution in [-0.4, -0.2) is 54.2 Å². The summed E-state index contributed by atoms with van der Waals surface area (Å²) in [6, 6.07) is 12.2. The Kier molecular flexibility index (Phi) is 7.68. The van der Waals surface area contributed by atoms with Gasteiger partial charge in [0.1, 0.15) is 12.4 Å². The number of methoxy groups -OCH3 is 1. The van der Waals surface area contributed by atoms with E-state index in [-0.39, 0.29) is 34.8 Å². The van der Waals surface area contributed by atoms with Gasteiger partial charge >= 0.3 is 0 Å². The molecule has 0 aliphatic carbocycles. The number of amides is 2. The molecule has 3 aromatic rings. The average molecular weight is 513 g/mol. The second kappa shape index (κ2) is 10.6. The van der Waals surface area contributed by atoms with E-state index in [1.165, 1.54) is 4.88 Å². The molecule has 1 N–H and O–H groups in total. The molecule has 0 unspecified atom stereocenters. The number of aromatic nitrogens is 2. The summed E-state index contributed by atoms with van der Waals surface area (Å²) in [5.41, 5.74) is 3.62. The van der Waals surface area contributed by atoms with Gasteiger partial charge in [-0.2, -0.15) is 5.10 Å². The highest BCUT2D eigenvalue weighted by Crippen LogP contribution is 2.49. The van der Waals surface area contributed by atoms with Gasteiger partial charge in [0.2, 0.25) is 11.8 Å². The van der Waals surface area contributed by atoms with Gasteiger partial charge in [0, 0.05) is 29.5 Å². The predicted octanol–water partition coefficient (Wildman–Crippen LogP) is 4.47. The van der Waals surface area contributed by atoms with Gasteiger partial charge in [0.25, 0.3) is 0 Å². The first kappa shape index (κ1) is 25.5. The lowest BCUT2D eigenvalue weighted by Gasteiger charge is -2.24. The van der Waals surface area contributed by atoms with Gasteiger partial charge in [-0.3, -0.25) is 14.5 Å². The van der Waals surface area contributed by atoms with Gasteiger partial charge in [-0.25, -0.2) is 4.68 Å². The van der Waals surface area contributed by atoms with Gasteiger partial charge < -0.3 is 10.1 Å². The molecule has 1 aliphatic rings. The number of nitrogens with zero attached hydrogens (tertiary/aromatic N) is 3. The molecule has 0 saturated carbocycles. The highest BCUT2D eigenvalue weighted by Gasteiger charge is 2.40. The van der Waals surface area contributed by atoms with Crippen LogP contribution in [0.5, 0.6) is 0 Å². The number of rotatable bonds is 7. The molecule has 0 saturated heterocycles. The summed E-state index contributed by atoms with van der Waals surface area (Å²) < 4.78 is 6.91. The first-order valence-electron chi connectivity index (χ1n) is 11.6. The molecule has 0 radical (unpaired) electrons. The van der Waals surface area contributed by atoms with Crippen LogP contribution in [0.4, 0.5) is 5.82 Å². The minimum absolute atomic E-state index is 0.0525. The molecule has 1 aliphatic heterocycles. The molecular formula is C26H32N4O3S2. The Hall–Kier alpha value is -2.62. The first-order valence-corrected chi connectivity index (χ1v) is 13.5. The number of anilines is 1. The van der Waals surface area contributed by atoms with Crippen LogP contribution in [0, 0.1) is 6.92 Å². The zero-order valence-corrected chi connectivity index (χ0v) is 22.5. The molecular weight excluding hydrogens is 480 g/mol. The van der Waals surface area contributed by atoms with E-state index in [1.54, 1.807) is 35.1 Å². The van der Waals surface area contributed by atoms with Crippen molar-refractivity contribution in [1.29, 1.82) is 0 Å². The van der Waals surface area contributed by atoms with E-state index in [2.05, 4.69) is 43.6 Å². The van der Waals surface area contributed by atoms with Gasteiger partial charge in [-0.15, -0.1) is 23.1 Å². The average Bonchev–Trinajstić information content (AvgIpc) is 3.44. The monoisotopic (exact) mass is 512 g/mol. The third-order valence-electron chi connectivity index (χ3n) is 5.78. The van der Waals surface area contributed by atoms with Gasteiger partial charge in [0.05, 0.1) is 29.0 Å². The minimum atomic E-state index is -0.269. The van der Waals surface area contributed by atoms with Crippen molar-refractivity contribution in [3.8, 4) is 5.69 Å². The summed E-state index contributed by atoms with van der Waals surface area (Å²) in [6.07, 6.45) is 0. The third kappa shape index (κ3) is 5.47. The molecule has 35 heavy (non-hydrogen) atoms. The van der Waals surface area contributed by atoms with Crippen LogP contribution in [0.15, 0.2) is 41.8 Å². The molecule has 9 heteroatoms. The second-order valence-corrected chi connectivity index (χ2v) is 11.7. The van der Waals surface area contributed by atoms with Crippen LogP contribution >= 0.6 is 23.1 Å². The van der Waals surface area contributed by atoms with E-state index in [0.29, 0.717) is 19.0 Å². The summed E-state index contributed by atoms with van der Waals surface area (Å²) >= 11 is 3.28. The fraction of sp³-hybridized carbons (Fsp3) is 0.423. The predicted molar refractivity (Wildman–Crippen MR) is 143 cm³/mol. The van der Waals surface area contributed by atoms with Crippen LogP contribution in [0.3, 0.4) is 0 Å². The normalized spacial score (nSPS) is 16.2. The molecule has 1 atom stereocenters. The fourth-order valence-electron chi connectivity index (χ4n) is 4.17. The SMILES string of the molecule is COCCNC(=O)CN1C(=O)CS[C@H](c2cccs2)c2c(C(C)(C)C)nn(-c3cccc(C)c3)c21. The topological polar surface area (TPSA) is 76.5 Å². The highest BCUT2D eigenvalue weighted by molar-refractivity contribution is 8.00. The van der Waals surface area contributed by atoms with Crippen LogP contribution in [0.2, 0.25) is 0 Å². The van der Waals surface area contributed by atoms with Crippen LogP contribution < -0.4 is 10.2 Å². The maximum atomic E-state index is 13.5. The van der Waals surface area contributed by atoms with Crippen LogP contribution in [0.25, 0.3) is 5.69 Å². The second-order valence-electron chi connectivity index (χ2n) is 9.62. The van der Waals surface area contributed by atoms with Crippen molar-refractivity contribution in [2.75, 3.05) is 37.5 Å². The Morgan fingerprint density at radius 1 is 1.26 bits per heavy atom. The van der Waals surface area contributed by atoms with Crippen molar-refractivity contribution >= 4 is 40.7 Å². The summed E-state index contributed by atoms with van der Waals surface area (Å²) in [5.74, 6) is 0.623. The lowest BCUT2D eigenvalue weighted by atomic mass is 9.88. The van der Waals surface area contributed by atoms with Crippen molar-refractivity contribution in [3.05, 3.63) is 63.5 Å². The molecule has 7 nitrogen and oxygen atoms in total. The van der Waals surface area contributed by atoms with Crippen molar-refractivity contribution in [2.45, 2.75) is 38.4 Å². The summed E-state index contributed by atoms with van der Waals surface area (Å²) in [5, 5.41) is 9.97. The standard InChI is InChI=1S/C26H32N4O3S2/c1-17-8-6-9-18(14-17)30-25-22(24(28-30)26(2,3)4)23(19-10-7-13-34-19)35-16-21(32)29(25)15-20(31)27-11-12-33-5/h6-10,13-14,23H,11-12,15-16H2,1-5H3,(H,27,31)/t23-/m1/s1. The molecule has 2 aromatic heterocycles. The van der Waals surface area contributed by atoms with Crippen molar-refractivity contribution < 1.29 is 14.3 Å². The summed E-state index contributed by atoms with van der Waals surface area (Å²) in [6.45, 7) is 9.18. The Morgan fingerprint density at radius 2 is 2.06 bits per heavy atom. The largest absolute Gasteiger partial charge is 0.383 e. The summed E-state index contributed by atoms with van der Waals surface area (Å²) in [7, 11) is 1.59. The molecule has 0 spiro atoms. The molecule has 1 aromatic carbocycles. The maximum absolute atomic E-state index is 13.5. The van der Waals surface area contributed by atoms with E-state index < -0.39 is 0 Å². The third-order valence-corrected chi connectivity index (χ3v) is 8.10. The van der Waals surface area contributed by atoms with Crippen LogP contribution in [0.1, 0.15) is 47.7 Å². The Balaban J connectivity index is 1.93. The lowest BCUT2D eigenvalue weighted by Crippen LogP contribution is -2.43. The zero-order chi connectivity index (χ0) is 25.2. The number of thioether (sulfide) groups is 1. The molecule has 3 heterocycles. The highest BCUT2D eigenvalue weighted by atomic mass is 32.2. The number of carbonyl (C=O) groups excluding carboxylic acids is 2. The van der Waals surface area contributed by atoms with E-state index in [0.717, 1.165) is 22.5 Å². The molecule has 186 valence electrons. The van der Waals surface area contributed by atoms with Crippen LogP contribution in [-0.2, 0) is 19.7 Å². The number of ether oxygens (including phenoxy) is 1. The number of fused-ring (bicyclic) bond motifs is 1. The first-order chi connectivity index (χ1) is 16.7. The Bertz CT molecular complexity index is 1200. The summed E-state index contributed by atoms with van der Waals surface area (Å²) in [4.78, 5) is 29.2. The Morgan fingerprint density at radius 3 is 2.71 bits per heavy atom. The zero-order valence-electron chi connectivity index (χ0n) is 20.8. The van der Waals surface area contributed by atoms with Crippen molar-refractivity contribution in [3.63, 3.8) is 0 Å². The lowest BCUT2D eigenvalue weighted by molar-refractivity contribution is -0.123. The van der Waals surface area contributed by atoms with Gasteiger partial charge in [-0.1, -0.05) is 39.0 Å². The number of aryl methyl sites for hydroxylation is 1. The van der Waals surface area contributed by atoms with Gasteiger partial charge in [0.15, 0.2) is 0 Å². The van der Waals surface area contributed by atoms with Crippen molar-refractivity contribution in [2.24, 2.45) is 0 Å². The molecule has 0 bridgehead atoms. The molecule has 0 fully saturated rings. The number of benzene rings is 1. The van der Waals surface area contributed by atoms with E-state index in [9.17, 15) is 9.59 Å². The van der Waals surface area contributed by atoms with Crippen molar-refractivity contribution in [1.82, 2.24) is 15.1 Å².